The largest absolute Gasteiger partial charge is 0.395 e. The van der Waals surface area contributed by atoms with Gasteiger partial charge in [-0.3, -0.25) is 4.90 Å². The van der Waals surface area contributed by atoms with Crippen molar-refractivity contribution in [1.82, 2.24) is 4.90 Å². The Morgan fingerprint density at radius 3 is 2.31 bits per heavy atom. The van der Waals surface area contributed by atoms with Crippen LogP contribution >= 0.6 is 0 Å². The van der Waals surface area contributed by atoms with Crippen molar-refractivity contribution in [3.8, 4) is 0 Å². The van der Waals surface area contributed by atoms with Crippen LogP contribution < -0.4 is 0 Å². The number of aliphatic hydroxyl groups excluding tert-OH is 1. The molecule has 4 saturated carbocycles. The van der Waals surface area contributed by atoms with Crippen molar-refractivity contribution in [3.05, 3.63) is 0 Å². The molecule has 2 atom stereocenters. The third-order valence-electron chi connectivity index (χ3n) is 5.24. The Balaban J connectivity index is 1.86. The maximum absolute atomic E-state index is 10.6. The Morgan fingerprint density at radius 2 is 1.81 bits per heavy atom. The molecule has 3 heteroatoms. The van der Waals surface area contributed by atoms with E-state index in [9.17, 15) is 5.11 Å². The quantitative estimate of drug-likeness (QED) is 0.753. The lowest BCUT2D eigenvalue weighted by atomic mass is 9.50. The summed E-state index contributed by atoms with van der Waals surface area (Å²) in [6.07, 6.45) is 6.79. The fraction of sp³-hybridized carbons (Fsp3) is 1.00. The first-order chi connectivity index (χ1) is 7.55. The van der Waals surface area contributed by atoms with Gasteiger partial charge in [-0.15, -0.1) is 0 Å². The summed E-state index contributed by atoms with van der Waals surface area (Å²) in [4.78, 5) is 2.31. The lowest BCUT2D eigenvalue weighted by Crippen LogP contribution is -2.65. The molecule has 0 aromatic rings. The van der Waals surface area contributed by atoms with Crippen molar-refractivity contribution < 1.29 is 10.2 Å². The molecule has 0 aliphatic heterocycles. The number of rotatable bonds is 3. The van der Waals surface area contributed by atoms with Crippen LogP contribution in [0.15, 0.2) is 0 Å². The van der Waals surface area contributed by atoms with E-state index in [4.69, 9.17) is 5.11 Å². The first kappa shape index (κ1) is 11.0. The molecule has 0 aromatic heterocycles. The summed E-state index contributed by atoms with van der Waals surface area (Å²) in [5.41, 5.74) is -0.185. The lowest BCUT2D eigenvalue weighted by molar-refractivity contribution is -0.172. The molecular formula is C13H23NO2. The molecule has 0 heterocycles. The van der Waals surface area contributed by atoms with Crippen LogP contribution in [0.2, 0.25) is 0 Å². The van der Waals surface area contributed by atoms with Gasteiger partial charge in [-0.2, -0.15) is 0 Å². The zero-order valence-electron chi connectivity index (χ0n) is 10.2. The van der Waals surface area contributed by atoms with Crippen molar-refractivity contribution >= 4 is 0 Å². The molecular weight excluding hydrogens is 202 g/mol. The van der Waals surface area contributed by atoms with E-state index in [2.05, 4.69) is 11.9 Å². The van der Waals surface area contributed by atoms with E-state index >= 15 is 0 Å². The van der Waals surface area contributed by atoms with Crippen molar-refractivity contribution in [2.45, 2.75) is 49.7 Å². The van der Waals surface area contributed by atoms with Gasteiger partial charge < -0.3 is 10.2 Å². The number of nitrogens with zero attached hydrogens (tertiary/aromatic N) is 1. The summed E-state index contributed by atoms with van der Waals surface area (Å²) in [7, 11) is 2.12. The van der Waals surface area contributed by atoms with Gasteiger partial charge in [0.2, 0.25) is 0 Å². The highest BCUT2D eigenvalue weighted by atomic mass is 16.3. The summed E-state index contributed by atoms with van der Waals surface area (Å²) in [5, 5.41) is 19.7. The fourth-order valence-electron chi connectivity index (χ4n) is 5.00. The van der Waals surface area contributed by atoms with Gasteiger partial charge in [-0.05, 0) is 57.4 Å². The number of likely N-dealkylation sites (N-methyl/N-ethyl adjacent to an activating group) is 1. The van der Waals surface area contributed by atoms with E-state index < -0.39 is 0 Å². The van der Waals surface area contributed by atoms with E-state index in [-0.39, 0.29) is 17.7 Å². The molecule has 0 amide bonds. The minimum absolute atomic E-state index is 0.196. The molecule has 4 rings (SSSR count). The minimum Gasteiger partial charge on any atom is -0.395 e. The Bertz CT molecular complexity index is 278. The maximum atomic E-state index is 10.6. The van der Waals surface area contributed by atoms with Crippen molar-refractivity contribution in [2.24, 2.45) is 11.8 Å². The molecule has 0 radical (unpaired) electrons. The molecule has 4 bridgehead atoms. The van der Waals surface area contributed by atoms with E-state index in [1.807, 2.05) is 0 Å². The van der Waals surface area contributed by atoms with Crippen molar-refractivity contribution in [3.63, 3.8) is 0 Å². The Labute approximate surface area is 97.4 Å². The second-order valence-electron chi connectivity index (χ2n) is 6.55. The van der Waals surface area contributed by atoms with Gasteiger partial charge >= 0.3 is 0 Å². The molecule has 0 saturated heterocycles. The summed E-state index contributed by atoms with van der Waals surface area (Å²) in [5.74, 6) is 1.46. The summed E-state index contributed by atoms with van der Waals surface area (Å²) >= 11 is 0. The highest BCUT2D eigenvalue weighted by Crippen LogP contribution is 2.59. The van der Waals surface area contributed by atoms with Crippen LogP contribution in [0, 0.1) is 11.8 Å². The molecule has 2 N–H and O–H groups in total. The highest BCUT2D eigenvalue weighted by molar-refractivity contribution is 5.12. The lowest BCUT2D eigenvalue weighted by Gasteiger charge is -2.62. The van der Waals surface area contributed by atoms with Gasteiger partial charge in [0.15, 0.2) is 0 Å². The Hall–Kier alpha value is -0.120. The molecule has 0 spiro atoms. The topological polar surface area (TPSA) is 43.7 Å². The maximum Gasteiger partial charge on any atom is 0.0670 e. The molecule has 4 aliphatic rings. The van der Waals surface area contributed by atoms with Gasteiger partial charge in [0.25, 0.3) is 0 Å². The van der Waals surface area contributed by atoms with Crippen LogP contribution in [0.5, 0.6) is 0 Å². The van der Waals surface area contributed by atoms with Crippen molar-refractivity contribution in [1.29, 1.82) is 0 Å². The van der Waals surface area contributed by atoms with Crippen LogP contribution in [0.4, 0.5) is 0 Å². The number of β-amino-alcohol motifs (C(OH)–C–C–N with tert-alkyl or cyclic N) is 1. The fourth-order valence-corrected chi connectivity index (χ4v) is 5.00. The minimum atomic E-state index is -0.381. The van der Waals surface area contributed by atoms with Gasteiger partial charge in [0.05, 0.1) is 12.2 Å². The van der Waals surface area contributed by atoms with Crippen LogP contribution in [-0.2, 0) is 0 Å². The molecule has 2 unspecified atom stereocenters. The second-order valence-corrected chi connectivity index (χ2v) is 6.55. The smallest absolute Gasteiger partial charge is 0.0670 e. The number of hydrogen-bond donors (Lipinski definition) is 2. The van der Waals surface area contributed by atoms with E-state index in [0.717, 1.165) is 37.6 Å². The molecule has 92 valence electrons. The monoisotopic (exact) mass is 225 g/mol. The van der Waals surface area contributed by atoms with Crippen LogP contribution in [0.3, 0.4) is 0 Å². The van der Waals surface area contributed by atoms with Gasteiger partial charge in [-0.25, -0.2) is 0 Å². The number of hydrogen-bond acceptors (Lipinski definition) is 3. The normalized spacial score (nSPS) is 50.2. The Kier molecular flexibility index (Phi) is 2.36. The van der Waals surface area contributed by atoms with Crippen LogP contribution in [-0.4, -0.2) is 46.5 Å². The summed E-state index contributed by atoms with van der Waals surface area (Å²) < 4.78 is 0. The molecule has 16 heavy (non-hydrogen) atoms. The average Bonchev–Trinajstić information content (AvgIpc) is 2.13. The van der Waals surface area contributed by atoms with Gasteiger partial charge in [-0.1, -0.05) is 0 Å². The molecule has 4 fully saturated rings. The van der Waals surface area contributed by atoms with Gasteiger partial charge in [0.1, 0.15) is 0 Å². The predicted octanol–water partition coefficient (Wildman–Crippen LogP) is 0.994. The standard InChI is InChI=1S/C13H23NO2/c1-14(2-3-15)12-5-10-4-11(6-12)8-13(16,7-10)9-12/h10-11,15-16H,2-9H2,1H3. The average molecular weight is 225 g/mol. The van der Waals surface area contributed by atoms with E-state index in [0.29, 0.717) is 0 Å². The zero-order chi connectivity index (χ0) is 11.4. The van der Waals surface area contributed by atoms with Crippen LogP contribution in [0.1, 0.15) is 38.5 Å². The first-order valence-electron chi connectivity index (χ1n) is 6.60. The Morgan fingerprint density at radius 1 is 1.19 bits per heavy atom. The SMILES string of the molecule is CN(CCO)C12CC3CC(CC(O)(C3)C1)C2. The second kappa shape index (κ2) is 3.44. The third-order valence-corrected chi connectivity index (χ3v) is 5.24. The van der Waals surface area contributed by atoms with Crippen LogP contribution in [0.25, 0.3) is 0 Å². The molecule has 4 aliphatic carbocycles. The van der Waals surface area contributed by atoms with Crippen molar-refractivity contribution in [2.75, 3.05) is 20.2 Å². The molecule has 0 aromatic carbocycles. The van der Waals surface area contributed by atoms with E-state index in [1.165, 1.54) is 19.3 Å². The van der Waals surface area contributed by atoms with Gasteiger partial charge in [0, 0.05) is 12.1 Å². The third kappa shape index (κ3) is 1.52. The highest BCUT2D eigenvalue weighted by Gasteiger charge is 2.58. The first-order valence-corrected chi connectivity index (χ1v) is 6.60. The zero-order valence-corrected chi connectivity index (χ0v) is 10.2. The molecule has 3 nitrogen and oxygen atoms in total. The number of aliphatic hydroxyl groups is 2. The summed E-state index contributed by atoms with van der Waals surface area (Å²) in [6.45, 7) is 0.974. The predicted molar refractivity (Wildman–Crippen MR) is 62.1 cm³/mol. The summed E-state index contributed by atoms with van der Waals surface area (Å²) in [6, 6.07) is 0. The van der Waals surface area contributed by atoms with E-state index in [1.54, 1.807) is 0 Å².